The lowest BCUT2D eigenvalue weighted by Gasteiger charge is -2.02. The maximum atomic E-state index is 4.20. The minimum Gasteiger partial charge on any atom is -0.306 e. The molecule has 1 aromatic carbocycles. The second-order valence-corrected chi connectivity index (χ2v) is 3.44. The van der Waals surface area contributed by atoms with Crippen molar-refractivity contribution in [1.29, 1.82) is 0 Å². The summed E-state index contributed by atoms with van der Waals surface area (Å²) in [6.45, 7) is 4.16. The fourth-order valence-electron chi connectivity index (χ4n) is 1.47. The van der Waals surface area contributed by atoms with Crippen LogP contribution in [0.2, 0.25) is 0 Å². The third-order valence-corrected chi connectivity index (χ3v) is 2.35. The van der Waals surface area contributed by atoms with Gasteiger partial charge in [-0.3, -0.25) is 0 Å². The molecule has 1 heterocycles. The van der Waals surface area contributed by atoms with Crippen molar-refractivity contribution in [2.24, 2.45) is 0 Å². The molecule has 0 amide bonds. The Balaban J connectivity index is 2.33. The topological polar surface area (TPSA) is 17.8 Å². The lowest BCUT2D eigenvalue weighted by atomic mass is 10.1. The summed E-state index contributed by atoms with van der Waals surface area (Å²) in [6, 6.07) is 8.56. The maximum absolute atomic E-state index is 4.20. The summed E-state index contributed by atoms with van der Waals surface area (Å²) in [5.74, 6) is 0. The predicted molar refractivity (Wildman–Crippen MR) is 57.7 cm³/mol. The Bertz CT molecular complexity index is 412. The molecule has 14 heavy (non-hydrogen) atoms. The minimum absolute atomic E-state index is 1.05. The van der Waals surface area contributed by atoms with Crippen LogP contribution in [0.5, 0.6) is 0 Å². The van der Waals surface area contributed by atoms with Crippen molar-refractivity contribution >= 4 is 0 Å². The third kappa shape index (κ3) is 1.69. The first-order valence-electron chi connectivity index (χ1n) is 4.89. The van der Waals surface area contributed by atoms with Crippen molar-refractivity contribution < 1.29 is 0 Å². The van der Waals surface area contributed by atoms with Crippen molar-refractivity contribution in [3.05, 3.63) is 48.0 Å². The molecule has 2 aromatic rings. The van der Waals surface area contributed by atoms with E-state index in [4.69, 9.17) is 0 Å². The summed E-state index contributed by atoms with van der Waals surface area (Å²) in [7, 11) is 0. The number of hydrogen-bond donors (Lipinski definition) is 0. The highest BCUT2D eigenvalue weighted by atomic mass is 15.0. The van der Waals surface area contributed by atoms with Crippen LogP contribution in [0, 0.1) is 6.92 Å². The second kappa shape index (κ2) is 3.66. The van der Waals surface area contributed by atoms with E-state index in [2.05, 4.69) is 36.2 Å². The number of aromatic nitrogens is 2. The molecular weight excluding hydrogens is 172 g/mol. The van der Waals surface area contributed by atoms with Gasteiger partial charge in [-0.2, -0.15) is 0 Å². The minimum atomic E-state index is 1.05. The standard InChI is InChI=1S/C12H14N2/c1-3-11-4-6-12(7-5-11)14-8-10(2)13-9-14/h4-9H,3H2,1-2H3. The molecule has 0 fully saturated rings. The van der Waals surface area contributed by atoms with E-state index in [0.717, 1.165) is 12.1 Å². The quantitative estimate of drug-likeness (QED) is 0.705. The average molecular weight is 186 g/mol. The van der Waals surface area contributed by atoms with Gasteiger partial charge >= 0.3 is 0 Å². The zero-order valence-electron chi connectivity index (χ0n) is 8.57. The highest BCUT2D eigenvalue weighted by molar-refractivity contribution is 5.34. The van der Waals surface area contributed by atoms with E-state index in [9.17, 15) is 0 Å². The van der Waals surface area contributed by atoms with Gasteiger partial charge in [-0.25, -0.2) is 4.98 Å². The van der Waals surface area contributed by atoms with Gasteiger partial charge in [0.15, 0.2) is 0 Å². The Morgan fingerprint density at radius 3 is 2.43 bits per heavy atom. The van der Waals surface area contributed by atoms with Gasteiger partial charge in [-0.15, -0.1) is 0 Å². The molecule has 0 N–H and O–H groups in total. The number of hydrogen-bond acceptors (Lipinski definition) is 1. The lowest BCUT2D eigenvalue weighted by molar-refractivity contribution is 1.05. The van der Waals surface area contributed by atoms with E-state index in [1.165, 1.54) is 11.3 Å². The first kappa shape index (κ1) is 9.00. The van der Waals surface area contributed by atoms with Gasteiger partial charge < -0.3 is 4.57 Å². The van der Waals surface area contributed by atoms with Crippen LogP contribution in [-0.4, -0.2) is 9.55 Å². The van der Waals surface area contributed by atoms with Gasteiger partial charge in [0.05, 0.1) is 12.0 Å². The van der Waals surface area contributed by atoms with E-state index in [-0.39, 0.29) is 0 Å². The van der Waals surface area contributed by atoms with Crippen LogP contribution < -0.4 is 0 Å². The first-order valence-corrected chi connectivity index (χ1v) is 4.89. The van der Waals surface area contributed by atoms with Crippen molar-refractivity contribution in [3.8, 4) is 5.69 Å². The second-order valence-electron chi connectivity index (χ2n) is 3.44. The summed E-state index contributed by atoms with van der Waals surface area (Å²) < 4.78 is 2.04. The Hall–Kier alpha value is -1.57. The Morgan fingerprint density at radius 1 is 1.21 bits per heavy atom. The van der Waals surface area contributed by atoms with E-state index in [1.807, 2.05) is 24.0 Å². The van der Waals surface area contributed by atoms with E-state index >= 15 is 0 Å². The van der Waals surface area contributed by atoms with Crippen LogP contribution in [0.3, 0.4) is 0 Å². The van der Waals surface area contributed by atoms with Crippen molar-refractivity contribution in [1.82, 2.24) is 9.55 Å². The molecule has 72 valence electrons. The SMILES string of the molecule is CCc1ccc(-n2cnc(C)c2)cc1. The first-order chi connectivity index (χ1) is 6.79. The number of benzene rings is 1. The van der Waals surface area contributed by atoms with Crippen LogP contribution in [0.4, 0.5) is 0 Å². The Kier molecular flexibility index (Phi) is 2.35. The number of imidazole rings is 1. The Morgan fingerprint density at radius 2 is 1.93 bits per heavy atom. The van der Waals surface area contributed by atoms with Gasteiger partial charge in [-0.1, -0.05) is 19.1 Å². The summed E-state index contributed by atoms with van der Waals surface area (Å²) in [5.41, 5.74) is 3.58. The zero-order valence-corrected chi connectivity index (χ0v) is 8.57. The molecule has 2 rings (SSSR count). The highest BCUT2D eigenvalue weighted by Gasteiger charge is 1.96. The van der Waals surface area contributed by atoms with Crippen LogP contribution >= 0.6 is 0 Å². The highest BCUT2D eigenvalue weighted by Crippen LogP contribution is 2.10. The number of nitrogens with zero attached hydrogens (tertiary/aromatic N) is 2. The van der Waals surface area contributed by atoms with Gasteiger partial charge in [0, 0.05) is 11.9 Å². The van der Waals surface area contributed by atoms with Gasteiger partial charge in [0.25, 0.3) is 0 Å². The van der Waals surface area contributed by atoms with E-state index < -0.39 is 0 Å². The smallest absolute Gasteiger partial charge is 0.0995 e. The van der Waals surface area contributed by atoms with Crippen LogP contribution in [-0.2, 0) is 6.42 Å². The molecule has 0 spiro atoms. The molecule has 0 radical (unpaired) electrons. The molecule has 0 aliphatic carbocycles. The number of aryl methyl sites for hydroxylation is 2. The van der Waals surface area contributed by atoms with E-state index in [0.29, 0.717) is 0 Å². The molecule has 0 saturated heterocycles. The summed E-state index contributed by atoms with van der Waals surface area (Å²) in [6.07, 6.45) is 4.96. The van der Waals surface area contributed by atoms with Gasteiger partial charge in [0.1, 0.15) is 0 Å². The van der Waals surface area contributed by atoms with Gasteiger partial charge in [0.2, 0.25) is 0 Å². The van der Waals surface area contributed by atoms with Crippen LogP contribution in [0.1, 0.15) is 18.2 Å². The predicted octanol–water partition coefficient (Wildman–Crippen LogP) is 2.74. The fraction of sp³-hybridized carbons (Fsp3) is 0.250. The van der Waals surface area contributed by atoms with E-state index in [1.54, 1.807) is 0 Å². The lowest BCUT2D eigenvalue weighted by Crippen LogP contribution is -1.90. The monoisotopic (exact) mass is 186 g/mol. The molecule has 0 bridgehead atoms. The normalized spacial score (nSPS) is 10.4. The summed E-state index contributed by atoms with van der Waals surface area (Å²) in [5, 5.41) is 0. The van der Waals surface area contributed by atoms with Crippen molar-refractivity contribution in [2.75, 3.05) is 0 Å². The Labute approximate surface area is 84.2 Å². The molecule has 0 saturated carbocycles. The molecule has 0 unspecified atom stereocenters. The van der Waals surface area contributed by atoms with Crippen LogP contribution in [0.15, 0.2) is 36.8 Å². The maximum Gasteiger partial charge on any atom is 0.0995 e. The van der Waals surface area contributed by atoms with Crippen molar-refractivity contribution in [3.63, 3.8) is 0 Å². The largest absolute Gasteiger partial charge is 0.306 e. The molecule has 2 nitrogen and oxygen atoms in total. The third-order valence-electron chi connectivity index (χ3n) is 2.35. The molecule has 0 atom stereocenters. The van der Waals surface area contributed by atoms with Gasteiger partial charge in [-0.05, 0) is 31.0 Å². The molecule has 2 heteroatoms. The molecule has 0 aliphatic heterocycles. The van der Waals surface area contributed by atoms with Crippen molar-refractivity contribution in [2.45, 2.75) is 20.3 Å². The number of rotatable bonds is 2. The zero-order chi connectivity index (χ0) is 9.97. The molecule has 0 aliphatic rings. The summed E-state index contributed by atoms with van der Waals surface area (Å²) >= 11 is 0. The molecule has 1 aromatic heterocycles. The van der Waals surface area contributed by atoms with Crippen LogP contribution in [0.25, 0.3) is 5.69 Å². The average Bonchev–Trinajstić information content (AvgIpc) is 2.65. The molecular formula is C12H14N2. The fourth-order valence-corrected chi connectivity index (χ4v) is 1.47. The summed E-state index contributed by atoms with van der Waals surface area (Å²) in [4.78, 5) is 4.20.